The maximum Gasteiger partial charge on any atom is 0.224 e. The minimum Gasteiger partial charge on any atom is -0.394 e. The van der Waals surface area contributed by atoms with Crippen LogP contribution in [0.2, 0.25) is 0 Å². The Morgan fingerprint density at radius 2 is 2.25 bits per heavy atom. The summed E-state index contributed by atoms with van der Waals surface area (Å²) in [6.45, 7) is 1.59. The molecule has 0 heterocycles. The summed E-state index contributed by atoms with van der Waals surface area (Å²) in [5.41, 5.74) is 5.84. The van der Waals surface area contributed by atoms with E-state index in [-0.39, 0.29) is 24.5 Å². The average molecular weight is 230 g/mol. The lowest BCUT2D eigenvalue weighted by atomic mass is 10.0. The van der Waals surface area contributed by atoms with Crippen LogP contribution in [0, 0.1) is 5.92 Å². The number of carbonyl (C=O) groups is 1. The van der Waals surface area contributed by atoms with E-state index in [2.05, 4.69) is 5.32 Å². The van der Waals surface area contributed by atoms with Gasteiger partial charge in [-0.3, -0.25) is 4.79 Å². The third-order valence-electron chi connectivity index (χ3n) is 2.91. The first-order valence-electron chi connectivity index (χ1n) is 5.97. The van der Waals surface area contributed by atoms with Gasteiger partial charge in [-0.05, 0) is 19.3 Å². The molecule has 1 aliphatic carbocycles. The highest BCUT2D eigenvalue weighted by atomic mass is 16.5. The quantitative estimate of drug-likeness (QED) is 0.521. The standard InChI is InChI=1S/C11H22N2O3/c12-10-4-1-3-9(10)11(15)13-5-2-7-16-8-6-14/h9-10,14H,1-8,12H2,(H,13,15). The van der Waals surface area contributed by atoms with E-state index in [0.717, 1.165) is 25.7 Å². The molecule has 0 saturated heterocycles. The molecule has 2 unspecified atom stereocenters. The van der Waals surface area contributed by atoms with Crippen LogP contribution in [0.5, 0.6) is 0 Å². The molecule has 1 amide bonds. The lowest BCUT2D eigenvalue weighted by Gasteiger charge is -2.14. The highest BCUT2D eigenvalue weighted by Gasteiger charge is 2.29. The second kappa shape index (κ2) is 7.60. The normalized spacial score (nSPS) is 24.6. The Morgan fingerprint density at radius 1 is 1.44 bits per heavy atom. The Balaban J connectivity index is 2.02. The van der Waals surface area contributed by atoms with Gasteiger partial charge in [-0.1, -0.05) is 6.42 Å². The van der Waals surface area contributed by atoms with E-state index < -0.39 is 0 Å². The van der Waals surface area contributed by atoms with E-state index in [1.165, 1.54) is 0 Å². The van der Waals surface area contributed by atoms with Crippen molar-refractivity contribution in [2.24, 2.45) is 11.7 Å². The van der Waals surface area contributed by atoms with E-state index in [1.807, 2.05) is 0 Å². The first-order chi connectivity index (χ1) is 7.75. The van der Waals surface area contributed by atoms with E-state index in [9.17, 15) is 4.79 Å². The number of rotatable bonds is 7. The number of aliphatic hydroxyl groups is 1. The van der Waals surface area contributed by atoms with Crippen LogP contribution in [0.4, 0.5) is 0 Å². The molecular formula is C11H22N2O3. The summed E-state index contributed by atoms with van der Waals surface area (Å²) in [4.78, 5) is 11.7. The minimum absolute atomic E-state index is 0.00152. The van der Waals surface area contributed by atoms with Crippen LogP contribution < -0.4 is 11.1 Å². The van der Waals surface area contributed by atoms with Crippen molar-refractivity contribution in [3.63, 3.8) is 0 Å². The summed E-state index contributed by atoms with van der Waals surface area (Å²) in [5, 5.41) is 11.3. The molecule has 1 saturated carbocycles. The molecule has 1 fully saturated rings. The van der Waals surface area contributed by atoms with Gasteiger partial charge in [0.2, 0.25) is 5.91 Å². The fraction of sp³-hybridized carbons (Fsp3) is 0.909. The fourth-order valence-electron chi connectivity index (χ4n) is 2.00. The lowest BCUT2D eigenvalue weighted by molar-refractivity contribution is -0.125. The first-order valence-corrected chi connectivity index (χ1v) is 5.97. The molecule has 0 aromatic rings. The predicted molar refractivity (Wildman–Crippen MR) is 60.8 cm³/mol. The van der Waals surface area contributed by atoms with Crippen LogP contribution >= 0.6 is 0 Å². The van der Waals surface area contributed by atoms with Gasteiger partial charge in [0.15, 0.2) is 0 Å². The van der Waals surface area contributed by atoms with Crippen LogP contribution in [-0.4, -0.2) is 43.4 Å². The molecule has 4 N–H and O–H groups in total. The van der Waals surface area contributed by atoms with Crippen molar-refractivity contribution in [1.82, 2.24) is 5.32 Å². The molecule has 0 bridgehead atoms. The molecule has 5 nitrogen and oxygen atoms in total. The first kappa shape index (κ1) is 13.4. The SMILES string of the molecule is NC1CCCC1C(=O)NCCCOCCO. The van der Waals surface area contributed by atoms with Crippen molar-refractivity contribution in [3.05, 3.63) is 0 Å². The highest BCUT2D eigenvalue weighted by molar-refractivity contribution is 5.79. The zero-order valence-electron chi connectivity index (χ0n) is 9.65. The number of hydrogen-bond acceptors (Lipinski definition) is 4. The third-order valence-corrected chi connectivity index (χ3v) is 2.91. The van der Waals surface area contributed by atoms with Gasteiger partial charge in [0.25, 0.3) is 0 Å². The van der Waals surface area contributed by atoms with Crippen molar-refractivity contribution in [3.8, 4) is 0 Å². The molecule has 0 aromatic heterocycles. The topological polar surface area (TPSA) is 84.6 Å². The van der Waals surface area contributed by atoms with Crippen molar-refractivity contribution in [2.75, 3.05) is 26.4 Å². The molecule has 0 aromatic carbocycles. The van der Waals surface area contributed by atoms with Crippen molar-refractivity contribution >= 4 is 5.91 Å². The van der Waals surface area contributed by atoms with Gasteiger partial charge in [0, 0.05) is 19.2 Å². The zero-order valence-corrected chi connectivity index (χ0v) is 9.65. The fourth-order valence-corrected chi connectivity index (χ4v) is 2.00. The zero-order chi connectivity index (χ0) is 11.8. The molecule has 1 rings (SSSR count). The summed E-state index contributed by atoms with van der Waals surface area (Å²) in [6, 6.07) is 0.0330. The van der Waals surface area contributed by atoms with Crippen molar-refractivity contribution in [2.45, 2.75) is 31.7 Å². The number of amides is 1. The second-order valence-corrected chi connectivity index (χ2v) is 4.18. The summed E-state index contributed by atoms with van der Waals surface area (Å²) < 4.78 is 5.09. The number of ether oxygens (including phenoxy) is 1. The molecule has 0 radical (unpaired) electrons. The number of carbonyl (C=O) groups excluding carboxylic acids is 1. The van der Waals surface area contributed by atoms with Gasteiger partial charge in [-0.2, -0.15) is 0 Å². The monoisotopic (exact) mass is 230 g/mol. The Morgan fingerprint density at radius 3 is 2.88 bits per heavy atom. The van der Waals surface area contributed by atoms with E-state index in [4.69, 9.17) is 15.6 Å². The van der Waals surface area contributed by atoms with Crippen LogP contribution in [0.15, 0.2) is 0 Å². The van der Waals surface area contributed by atoms with Gasteiger partial charge < -0.3 is 20.9 Å². The summed E-state index contributed by atoms with van der Waals surface area (Å²) in [7, 11) is 0. The van der Waals surface area contributed by atoms with Gasteiger partial charge in [0.1, 0.15) is 0 Å². The number of nitrogens with one attached hydrogen (secondary N) is 1. The molecule has 94 valence electrons. The summed E-state index contributed by atoms with van der Waals surface area (Å²) in [6.07, 6.45) is 3.69. The number of nitrogens with two attached hydrogens (primary N) is 1. The van der Waals surface area contributed by atoms with Crippen LogP contribution in [0.25, 0.3) is 0 Å². The Hall–Kier alpha value is -0.650. The van der Waals surface area contributed by atoms with Crippen LogP contribution in [0.3, 0.4) is 0 Å². The Kier molecular flexibility index (Phi) is 6.37. The smallest absolute Gasteiger partial charge is 0.224 e. The van der Waals surface area contributed by atoms with E-state index in [1.54, 1.807) is 0 Å². The van der Waals surface area contributed by atoms with Gasteiger partial charge in [-0.15, -0.1) is 0 Å². The Bertz CT molecular complexity index is 211. The molecule has 1 aliphatic rings. The number of hydrogen-bond donors (Lipinski definition) is 3. The van der Waals surface area contributed by atoms with E-state index in [0.29, 0.717) is 19.8 Å². The lowest BCUT2D eigenvalue weighted by Crippen LogP contribution is -2.39. The molecule has 0 spiro atoms. The number of aliphatic hydroxyl groups excluding tert-OH is 1. The summed E-state index contributed by atoms with van der Waals surface area (Å²) >= 11 is 0. The molecule has 0 aliphatic heterocycles. The minimum atomic E-state index is -0.00152. The third kappa shape index (κ3) is 4.47. The van der Waals surface area contributed by atoms with Gasteiger partial charge in [-0.25, -0.2) is 0 Å². The van der Waals surface area contributed by atoms with Gasteiger partial charge in [0.05, 0.1) is 19.1 Å². The molecule has 2 atom stereocenters. The van der Waals surface area contributed by atoms with Crippen molar-refractivity contribution in [1.29, 1.82) is 0 Å². The van der Waals surface area contributed by atoms with E-state index >= 15 is 0 Å². The molecule has 16 heavy (non-hydrogen) atoms. The van der Waals surface area contributed by atoms with Crippen LogP contribution in [-0.2, 0) is 9.53 Å². The predicted octanol–water partition coefficient (Wildman–Crippen LogP) is -0.371. The maximum absolute atomic E-state index is 11.7. The Labute approximate surface area is 96.3 Å². The average Bonchev–Trinajstić information content (AvgIpc) is 2.69. The van der Waals surface area contributed by atoms with Crippen LogP contribution in [0.1, 0.15) is 25.7 Å². The maximum atomic E-state index is 11.7. The molecule has 5 heteroatoms. The molecular weight excluding hydrogens is 208 g/mol. The van der Waals surface area contributed by atoms with Crippen molar-refractivity contribution < 1.29 is 14.6 Å². The largest absolute Gasteiger partial charge is 0.394 e. The second-order valence-electron chi connectivity index (χ2n) is 4.18. The highest BCUT2D eigenvalue weighted by Crippen LogP contribution is 2.23. The summed E-state index contributed by atoms with van der Waals surface area (Å²) in [5.74, 6) is 0.0746. The van der Waals surface area contributed by atoms with Gasteiger partial charge >= 0.3 is 0 Å².